The van der Waals surface area contributed by atoms with Gasteiger partial charge in [-0.1, -0.05) is 0 Å². The minimum atomic E-state index is -0.402. The molecule has 0 bridgehead atoms. The number of rotatable bonds is 1. The van der Waals surface area contributed by atoms with E-state index >= 15 is 0 Å². The number of carbonyl (C=O) groups excluding carboxylic acids is 1. The summed E-state index contributed by atoms with van der Waals surface area (Å²) < 4.78 is 5.44. The number of piperidine rings is 1. The van der Waals surface area contributed by atoms with Crippen molar-refractivity contribution in [3.63, 3.8) is 0 Å². The van der Waals surface area contributed by atoms with E-state index in [9.17, 15) is 4.79 Å². The van der Waals surface area contributed by atoms with Gasteiger partial charge in [-0.15, -0.1) is 0 Å². The number of piperazine rings is 1. The van der Waals surface area contributed by atoms with Crippen LogP contribution >= 0.6 is 0 Å². The highest BCUT2D eigenvalue weighted by Crippen LogP contribution is 2.21. The third kappa shape index (κ3) is 4.09. The van der Waals surface area contributed by atoms with E-state index in [0.29, 0.717) is 12.1 Å². The van der Waals surface area contributed by atoms with Crippen molar-refractivity contribution in [1.29, 1.82) is 0 Å². The average molecular weight is 283 g/mol. The number of ether oxygens (including phenoxy) is 1. The summed E-state index contributed by atoms with van der Waals surface area (Å²) in [5.41, 5.74) is -0.402. The van der Waals surface area contributed by atoms with Crippen LogP contribution in [0.4, 0.5) is 4.79 Å². The molecule has 2 saturated heterocycles. The van der Waals surface area contributed by atoms with Crippen LogP contribution in [-0.2, 0) is 4.74 Å². The van der Waals surface area contributed by atoms with Crippen molar-refractivity contribution in [2.24, 2.45) is 0 Å². The van der Waals surface area contributed by atoms with E-state index in [1.54, 1.807) is 0 Å². The molecule has 2 aliphatic heterocycles. The molecule has 0 aromatic heterocycles. The number of nitrogens with zero attached hydrogens (tertiary/aromatic N) is 2. The van der Waals surface area contributed by atoms with Gasteiger partial charge in [-0.3, -0.25) is 4.90 Å². The van der Waals surface area contributed by atoms with Gasteiger partial charge < -0.3 is 15.0 Å². The predicted octanol–water partition coefficient (Wildman–Crippen LogP) is 1.68. The van der Waals surface area contributed by atoms with Crippen LogP contribution in [0.1, 0.15) is 40.5 Å². The highest BCUT2D eigenvalue weighted by Gasteiger charge is 2.31. The van der Waals surface area contributed by atoms with Crippen molar-refractivity contribution in [3.05, 3.63) is 0 Å². The van der Waals surface area contributed by atoms with Crippen LogP contribution in [-0.4, -0.2) is 66.3 Å². The maximum Gasteiger partial charge on any atom is 0.410 e. The van der Waals surface area contributed by atoms with Gasteiger partial charge >= 0.3 is 6.09 Å². The first-order valence-corrected chi connectivity index (χ1v) is 7.81. The molecule has 0 radical (unpaired) electrons. The lowest BCUT2D eigenvalue weighted by molar-refractivity contribution is 0.00972. The number of amides is 1. The van der Waals surface area contributed by atoms with Crippen LogP contribution in [0, 0.1) is 0 Å². The summed E-state index contributed by atoms with van der Waals surface area (Å²) in [5, 5.41) is 3.43. The van der Waals surface area contributed by atoms with Crippen LogP contribution in [0.2, 0.25) is 0 Å². The zero-order valence-electron chi connectivity index (χ0n) is 13.3. The molecule has 1 N–H and O–H groups in total. The Balaban J connectivity index is 1.81. The summed E-state index contributed by atoms with van der Waals surface area (Å²) in [5.74, 6) is 0. The smallest absolute Gasteiger partial charge is 0.410 e. The Bertz CT molecular complexity index is 333. The minimum absolute atomic E-state index is 0.163. The fourth-order valence-corrected chi connectivity index (χ4v) is 3.11. The molecule has 2 fully saturated rings. The van der Waals surface area contributed by atoms with Crippen molar-refractivity contribution in [2.45, 2.75) is 58.2 Å². The molecule has 20 heavy (non-hydrogen) atoms. The van der Waals surface area contributed by atoms with Crippen molar-refractivity contribution in [1.82, 2.24) is 15.1 Å². The zero-order chi connectivity index (χ0) is 14.8. The summed E-state index contributed by atoms with van der Waals surface area (Å²) in [7, 11) is 0. The second-order valence-electron chi connectivity index (χ2n) is 6.99. The monoisotopic (exact) mass is 283 g/mol. The average Bonchev–Trinajstić information content (AvgIpc) is 2.37. The zero-order valence-corrected chi connectivity index (χ0v) is 13.3. The Kier molecular flexibility index (Phi) is 4.91. The molecule has 2 heterocycles. The quantitative estimate of drug-likeness (QED) is 0.795. The Hall–Kier alpha value is -0.810. The normalized spacial score (nSPS) is 26.6. The van der Waals surface area contributed by atoms with Gasteiger partial charge in [0.25, 0.3) is 0 Å². The van der Waals surface area contributed by atoms with Crippen molar-refractivity contribution in [3.8, 4) is 0 Å². The van der Waals surface area contributed by atoms with Gasteiger partial charge in [-0.25, -0.2) is 4.79 Å². The van der Waals surface area contributed by atoms with E-state index < -0.39 is 5.60 Å². The molecule has 0 saturated carbocycles. The molecule has 0 aliphatic carbocycles. The predicted molar refractivity (Wildman–Crippen MR) is 79.9 cm³/mol. The second kappa shape index (κ2) is 6.31. The van der Waals surface area contributed by atoms with Crippen molar-refractivity contribution in [2.75, 3.05) is 32.7 Å². The fourth-order valence-electron chi connectivity index (χ4n) is 3.11. The van der Waals surface area contributed by atoms with E-state index in [1.165, 1.54) is 0 Å². The van der Waals surface area contributed by atoms with Gasteiger partial charge in [0.1, 0.15) is 5.60 Å². The molecule has 0 aromatic carbocycles. The van der Waals surface area contributed by atoms with Gasteiger partial charge in [0.15, 0.2) is 0 Å². The van der Waals surface area contributed by atoms with Crippen LogP contribution in [0.5, 0.6) is 0 Å². The highest BCUT2D eigenvalue weighted by atomic mass is 16.6. The summed E-state index contributed by atoms with van der Waals surface area (Å²) in [6, 6.07) is 1.22. The van der Waals surface area contributed by atoms with Gasteiger partial charge in [-0.2, -0.15) is 0 Å². The van der Waals surface area contributed by atoms with Gasteiger partial charge in [-0.05, 0) is 40.5 Å². The number of carbonyl (C=O) groups is 1. The number of hydrogen-bond acceptors (Lipinski definition) is 4. The van der Waals surface area contributed by atoms with Crippen LogP contribution < -0.4 is 5.32 Å². The molecule has 1 atom stereocenters. The van der Waals surface area contributed by atoms with E-state index in [0.717, 1.165) is 45.6 Å². The maximum absolute atomic E-state index is 12.0. The molecule has 1 amide bonds. The summed E-state index contributed by atoms with van der Waals surface area (Å²) in [6.07, 6.45) is 1.96. The lowest BCUT2D eigenvalue weighted by Gasteiger charge is -2.43. The van der Waals surface area contributed by atoms with E-state index in [-0.39, 0.29) is 6.09 Å². The molecule has 0 aromatic rings. The number of hydrogen-bond donors (Lipinski definition) is 1. The molecular weight excluding hydrogens is 254 g/mol. The fraction of sp³-hybridized carbons (Fsp3) is 0.933. The summed E-state index contributed by atoms with van der Waals surface area (Å²) in [6.45, 7) is 12.9. The van der Waals surface area contributed by atoms with E-state index in [1.807, 2.05) is 25.7 Å². The topological polar surface area (TPSA) is 44.8 Å². The Morgan fingerprint density at radius 3 is 2.40 bits per heavy atom. The summed E-state index contributed by atoms with van der Waals surface area (Å²) >= 11 is 0. The standard InChI is InChI=1S/C15H29N3O2/c1-12-11-16-7-10-18(12)13-5-8-17(9-6-13)14(19)20-15(2,3)4/h12-13,16H,5-11H2,1-4H3. The Morgan fingerprint density at radius 2 is 1.85 bits per heavy atom. The lowest BCUT2D eigenvalue weighted by atomic mass is 10.0. The molecule has 1 unspecified atom stereocenters. The SMILES string of the molecule is CC1CNCCN1C1CCN(C(=O)OC(C)(C)C)CC1. The van der Waals surface area contributed by atoms with Crippen molar-refractivity contribution >= 4 is 6.09 Å². The van der Waals surface area contributed by atoms with Gasteiger partial charge in [0, 0.05) is 44.8 Å². The van der Waals surface area contributed by atoms with E-state index in [2.05, 4.69) is 17.1 Å². The number of nitrogens with one attached hydrogen (secondary N) is 1. The third-order valence-electron chi connectivity index (χ3n) is 4.14. The highest BCUT2D eigenvalue weighted by molar-refractivity contribution is 5.68. The first-order valence-electron chi connectivity index (χ1n) is 7.81. The molecule has 5 nitrogen and oxygen atoms in total. The Labute approximate surface area is 122 Å². The van der Waals surface area contributed by atoms with Crippen LogP contribution in [0.25, 0.3) is 0 Å². The van der Waals surface area contributed by atoms with Crippen LogP contribution in [0.15, 0.2) is 0 Å². The molecule has 2 aliphatic rings. The largest absolute Gasteiger partial charge is 0.444 e. The van der Waals surface area contributed by atoms with E-state index in [4.69, 9.17) is 4.74 Å². The molecule has 116 valence electrons. The van der Waals surface area contributed by atoms with Crippen LogP contribution in [0.3, 0.4) is 0 Å². The maximum atomic E-state index is 12.0. The molecule has 0 spiro atoms. The minimum Gasteiger partial charge on any atom is -0.444 e. The van der Waals surface area contributed by atoms with Crippen molar-refractivity contribution < 1.29 is 9.53 Å². The molecular formula is C15H29N3O2. The molecule has 2 rings (SSSR count). The van der Waals surface area contributed by atoms with Gasteiger partial charge in [0.05, 0.1) is 0 Å². The molecule has 5 heteroatoms. The second-order valence-corrected chi connectivity index (χ2v) is 6.99. The Morgan fingerprint density at radius 1 is 1.20 bits per heavy atom. The first-order chi connectivity index (χ1) is 9.37. The third-order valence-corrected chi connectivity index (χ3v) is 4.14. The summed E-state index contributed by atoms with van der Waals surface area (Å²) in [4.78, 5) is 16.5. The number of likely N-dealkylation sites (tertiary alicyclic amines) is 1. The lowest BCUT2D eigenvalue weighted by Crippen LogP contribution is -2.56. The first kappa shape index (κ1) is 15.6. The van der Waals surface area contributed by atoms with Gasteiger partial charge in [0.2, 0.25) is 0 Å².